The molecular formula is C14H11NO4. The van der Waals surface area contributed by atoms with E-state index in [1.807, 2.05) is 0 Å². The Hall–Kier alpha value is -2.69. The number of hydrogen-bond acceptors (Lipinski definition) is 4. The molecule has 96 valence electrons. The summed E-state index contributed by atoms with van der Waals surface area (Å²) in [6.07, 6.45) is 1.34. The van der Waals surface area contributed by atoms with Crippen molar-refractivity contribution in [2.75, 3.05) is 7.11 Å². The fourth-order valence-corrected chi connectivity index (χ4v) is 1.68. The van der Waals surface area contributed by atoms with E-state index in [1.54, 1.807) is 24.3 Å². The molecule has 0 atom stereocenters. The fraction of sp³-hybridized carbons (Fsp3) is 0.0714. The molecule has 1 aromatic carbocycles. The average Bonchev–Trinajstić information content (AvgIpc) is 2.46. The summed E-state index contributed by atoms with van der Waals surface area (Å²) in [5.41, 5.74) is 0.161. The van der Waals surface area contributed by atoms with E-state index in [0.29, 0.717) is 11.3 Å². The van der Waals surface area contributed by atoms with Crippen molar-refractivity contribution in [1.29, 1.82) is 0 Å². The summed E-state index contributed by atoms with van der Waals surface area (Å²) in [6, 6.07) is 9.50. The molecule has 1 heterocycles. The quantitative estimate of drug-likeness (QED) is 0.848. The van der Waals surface area contributed by atoms with E-state index >= 15 is 0 Å². The van der Waals surface area contributed by atoms with Crippen molar-refractivity contribution in [2.45, 2.75) is 0 Å². The standard InChI is InChI=1S/C14H11NO4/c1-19-10-5-2-4-9(8-10)13(16)11-6-3-7-15-12(11)14(17)18/h2-8H,1H3,(H,17,18). The van der Waals surface area contributed by atoms with Crippen LogP contribution in [0.2, 0.25) is 0 Å². The number of carboxylic acid groups (broad SMARTS) is 1. The van der Waals surface area contributed by atoms with E-state index < -0.39 is 11.8 Å². The van der Waals surface area contributed by atoms with Gasteiger partial charge in [-0.25, -0.2) is 9.78 Å². The van der Waals surface area contributed by atoms with Crippen LogP contribution in [-0.4, -0.2) is 29.0 Å². The Morgan fingerprint density at radius 1 is 1.21 bits per heavy atom. The molecule has 0 radical (unpaired) electrons. The Kier molecular flexibility index (Phi) is 3.56. The third-order valence-corrected chi connectivity index (χ3v) is 2.59. The summed E-state index contributed by atoms with van der Waals surface area (Å²) in [5.74, 6) is -1.09. The lowest BCUT2D eigenvalue weighted by Gasteiger charge is -2.05. The van der Waals surface area contributed by atoms with E-state index in [2.05, 4.69) is 4.98 Å². The number of ether oxygens (including phenoxy) is 1. The van der Waals surface area contributed by atoms with Crippen molar-refractivity contribution in [2.24, 2.45) is 0 Å². The van der Waals surface area contributed by atoms with E-state index in [1.165, 1.54) is 25.4 Å². The molecule has 0 aliphatic heterocycles. The summed E-state index contributed by atoms with van der Waals surface area (Å²) >= 11 is 0. The zero-order valence-electron chi connectivity index (χ0n) is 10.2. The second-order valence-corrected chi connectivity index (χ2v) is 3.77. The molecule has 19 heavy (non-hydrogen) atoms. The molecule has 0 saturated carbocycles. The predicted molar refractivity (Wildman–Crippen MR) is 67.6 cm³/mol. The summed E-state index contributed by atoms with van der Waals surface area (Å²) < 4.78 is 5.03. The molecule has 1 aromatic heterocycles. The first-order valence-electron chi connectivity index (χ1n) is 5.50. The molecule has 0 saturated heterocycles. The molecule has 0 bridgehead atoms. The molecule has 0 aliphatic carbocycles. The van der Waals surface area contributed by atoms with Crippen molar-refractivity contribution in [3.63, 3.8) is 0 Å². The number of aromatic nitrogens is 1. The SMILES string of the molecule is COc1cccc(C(=O)c2cccnc2C(=O)O)c1. The van der Waals surface area contributed by atoms with Crippen LogP contribution in [0, 0.1) is 0 Å². The van der Waals surface area contributed by atoms with Crippen LogP contribution in [0.5, 0.6) is 5.75 Å². The zero-order valence-corrected chi connectivity index (χ0v) is 10.2. The van der Waals surface area contributed by atoms with Crippen LogP contribution in [0.3, 0.4) is 0 Å². The van der Waals surface area contributed by atoms with E-state index in [9.17, 15) is 9.59 Å². The molecule has 1 N–H and O–H groups in total. The molecule has 5 heteroatoms. The minimum atomic E-state index is -1.23. The van der Waals surface area contributed by atoms with Crippen molar-refractivity contribution in [1.82, 2.24) is 4.98 Å². The van der Waals surface area contributed by atoms with Crippen molar-refractivity contribution < 1.29 is 19.4 Å². The first-order chi connectivity index (χ1) is 9.13. The largest absolute Gasteiger partial charge is 0.497 e. The maximum atomic E-state index is 12.3. The number of carbonyl (C=O) groups excluding carboxylic acids is 1. The van der Waals surface area contributed by atoms with E-state index in [-0.39, 0.29) is 11.3 Å². The zero-order chi connectivity index (χ0) is 13.8. The number of benzene rings is 1. The van der Waals surface area contributed by atoms with Gasteiger partial charge in [-0.2, -0.15) is 0 Å². The van der Waals surface area contributed by atoms with Gasteiger partial charge in [0.05, 0.1) is 12.7 Å². The van der Waals surface area contributed by atoms with Crippen LogP contribution in [0.4, 0.5) is 0 Å². The Bertz CT molecular complexity index is 637. The van der Waals surface area contributed by atoms with Gasteiger partial charge in [0.15, 0.2) is 11.5 Å². The summed E-state index contributed by atoms with van der Waals surface area (Å²) in [6.45, 7) is 0. The monoisotopic (exact) mass is 257 g/mol. The Morgan fingerprint density at radius 2 is 2.00 bits per heavy atom. The van der Waals surface area contributed by atoms with Crippen LogP contribution in [0.1, 0.15) is 26.4 Å². The highest BCUT2D eigenvalue weighted by atomic mass is 16.5. The minimum absolute atomic E-state index is 0.0586. The fourth-order valence-electron chi connectivity index (χ4n) is 1.68. The van der Waals surface area contributed by atoms with Gasteiger partial charge in [0.1, 0.15) is 5.75 Å². The number of pyridine rings is 1. The number of ketones is 1. The van der Waals surface area contributed by atoms with Gasteiger partial charge < -0.3 is 9.84 Å². The first kappa shape index (κ1) is 12.8. The maximum Gasteiger partial charge on any atom is 0.355 e. The Labute approximate surface area is 109 Å². The number of nitrogens with zero attached hydrogens (tertiary/aromatic N) is 1. The van der Waals surface area contributed by atoms with Crippen LogP contribution < -0.4 is 4.74 Å². The van der Waals surface area contributed by atoms with E-state index in [4.69, 9.17) is 9.84 Å². The number of rotatable bonds is 4. The Balaban J connectivity index is 2.47. The van der Waals surface area contributed by atoms with Gasteiger partial charge in [-0.1, -0.05) is 12.1 Å². The van der Waals surface area contributed by atoms with Crippen molar-refractivity contribution in [3.05, 3.63) is 59.4 Å². The average molecular weight is 257 g/mol. The normalized spacial score (nSPS) is 9.95. The van der Waals surface area contributed by atoms with E-state index in [0.717, 1.165) is 0 Å². The second kappa shape index (κ2) is 5.30. The number of carboxylic acids is 1. The number of carbonyl (C=O) groups is 2. The highest BCUT2D eigenvalue weighted by molar-refractivity contribution is 6.13. The van der Waals surface area contributed by atoms with Gasteiger partial charge in [-0.05, 0) is 24.3 Å². The molecule has 0 spiro atoms. The summed E-state index contributed by atoms with van der Waals surface area (Å²) in [5, 5.41) is 9.02. The number of aromatic carboxylic acids is 1. The smallest absolute Gasteiger partial charge is 0.355 e. The lowest BCUT2D eigenvalue weighted by Crippen LogP contribution is -2.11. The third-order valence-electron chi connectivity index (χ3n) is 2.59. The third kappa shape index (κ3) is 2.60. The highest BCUT2D eigenvalue weighted by Gasteiger charge is 2.19. The maximum absolute atomic E-state index is 12.3. The van der Waals surface area contributed by atoms with Crippen LogP contribution in [0.25, 0.3) is 0 Å². The predicted octanol–water partition coefficient (Wildman–Crippen LogP) is 2.02. The number of hydrogen-bond donors (Lipinski definition) is 1. The Morgan fingerprint density at radius 3 is 2.68 bits per heavy atom. The highest BCUT2D eigenvalue weighted by Crippen LogP contribution is 2.17. The van der Waals surface area contributed by atoms with Gasteiger partial charge >= 0.3 is 5.97 Å². The topological polar surface area (TPSA) is 76.5 Å². The summed E-state index contributed by atoms with van der Waals surface area (Å²) in [4.78, 5) is 27.0. The molecule has 0 aliphatic rings. The summed E-state index contributed by atoms with van der Waals surface area (Å²) in [7, 11) is 1.50. The van der Waals surface area contributed by atoms with Gasteiger partial charge in [0, 0.05) is 11.8 Å². The van der Waals surface area contributed by atoms with Gasteiger partial charge in [0.2, 0.25) is 0 Å². The molecule has 0 unspecified atom stereocenters. The first-order valence-corrected chi connectivity index (χ1v) is 5.50. The molecule has 2 rings (SSSR count). The molecule has 5 nitrogen and oxygen atoms in total. The molecule has 2 aromatic rings. The van der Waals surface area contributed by atoms with Gasteiger partial charge in [0.25, 0.3) is 0 Å². The van der Waals surface area contributed by atoms with Crippen LogP contribution in [-0.2, 0) is 0 Å². The van der Waals surface area contributed by atoms with Crippen molar-refractivity contribution in [3.8, 4) is 5.75 Å². The molecular weight excluding hydrogens is 246 g/mol. The van der Waals surface area contributed by atoms with Gasteiger partial charge in [-0.15, -0.1) is 0 Å². The minimum Gasteiger partial charge on any atom is -0.497 e. The molecule has 0 fully saturated rings. The molecule has 0 amide bonds. The lowest BCUT2D eigenvalue weighted by atomic mass is 10.0. The number of methoxy groups -OCH3 is 1. The van der Waals surface area contributed by atoms with Crippen molar-refractivity contribution >= 4 is 11.8 Å². The second-order valence-electron chi connectivity index (χ2n) is 3.77. The lowest BCUT2D eigenvalue weighted by molar-refractivity contribution is 0.0686. The van der Waals surface area contributed by atoms with Crippen LogP contribution >= 0.6 is 0 Å². The van der Waals surface area contributed by atoms with Gasteiger partial charge in [-0.3, -0.25) is 4.79 Å². The van der Waals surface area contributed by atoms with Crippen LogP contribution in [0.15, 0.2) is 42.6 Å².